The first-order valence-corrected chi connectivity index (χ1v) is 10.7. The van der Waals surface area contributed by atoms with E-state index in [0.717, 1.165) is 25.0 Å². The number of methoxy groups -OCH3 is 2. The predicted molar refractivity (Wildman–Crippen MR) is 112 cm³/mol. The summed E-state index contributed by atoms with van der Waals surface area (Å²) in [5.41, 5.74) is 1.77. The molecule has 1 aliphatic carbocycles. The minimum absolute atomic E-state index is 0.0939. The van der Waals surface area contributed by atoms with Gasteiger partial charge in [-0.2, -0.15) is 0 Å². The van der Waals surface area contributed by atoms with Crippen LogP contribution in [0.5, 0.6) is 11.5 Å². The van der Waals surface area contributed by atoms with Gasteiger partial charge in [0.15, 0.2) is 5.13 Å². The van der Waals surface area contributed by atoms with E-state index in [0.29, 0.717) is 28.9 Å². The van der Waals surface area contributed by atoms with Gasteiger partial charge in [0.2, 0.25) is 11.8 Å². The van der Waals surface area contributed by atoms with E-state index in [1.807, 2.05) is 0 Å². The average molecular weight is 416 g/mol. The zero-order valence-electron chi connectivity index (χ0n) is 16.7. The molecule has 2 aromatic rings. The number of thiazole rings is 1. The monoisotopic (exact) mass is 415 g/mol. The topological polar surface area (TPSA) is 80.8 Å². The number of nitrogens with one attached hydrogen (secondary N) is 1. The van der Waals surface area contributed by atoms with Gasteiger partial charge in [0.05, 0.1) is 31.5 Å². The van der Waals surface area contributed by atoms with Crippen molar-refractivity contribution in [3.8, 4) is 11.5 Å². The maximum Gasteiger partial charge on any atom is 0.231 e. The summed E-state index contributed by atoms with van der Waals surface area (Å²) in [6, 6.07) is 5.30. The standard InChI is InChI=1S/C21H25N3O4S/c1-27-14-8-9-16(17(11-14)28-2)24-12-13(10-19(24)25)20(26)23-21-22-15-6-4-3-5-7-18(15)29-21/h8-9,11,13H,3-7,10,12H2,1-2H3,(H,22,23,26). The lowest BCUT2D eigenvalue weighted by molar-refractivity contribution is -0.122. The van der Waals surface area contributed by atoms with Crippen LogP contribution in [0.2, 0.25) is 0 Å². The Labute approximate surface area is 174 Å². The number of rotatable bonds is 5. The van der Waals surface area contributed by atoms with E-state index in [4.69, 9.17) is 9.47 Å². The third-order valence-corrected chi connectivity index (χ3v) is 6.57. The van der Waals surface area contributed by atoms with Crippen LogP contribution in [-0.4, -0.2) is 37.6 Å². The highest BCUT2D eigenvalue weighted by atomic mass is 32.1. The molecule has 1 aliphatic heterocycles. The minimum atomic E-state index is -0.419. The molecule has 29 heavy (non-hydrogen) atoms. The zero-order valence-corrected chi connectivity index (χ0v) is 17.5. The normalized spacial score (nSPS) is 18.9. The fourth-order valence-corrected chi connectivity index (χ4v) is 4.97. The van der Waals surface area contributed by atoms with E-state index in [1.165, 1.54) is 17.7 Å². The number of hydrogen-bond donors (Lipinski definition) is 1. The first-order valence-electron chi connectivity index (χ1n) is 9.91. The van der Waals surface area contributed by atoms with Crippen LogP contribution < -0.4 is 19.7 Å². The van der Waals surface area contributed by atoms with Crippen molar-refractivity contribution >= 4 is 34.0 Å². The van der Waals surface area contributed by atoms with Gasteiger partial charge in [0.1, 0.15) is 11.5 Å². The SMILES string of the molecule is COc1ccc(N2CC(C(=O)Nc3nc4c(s3)CCCCC4)CC2=O)c(OC)c1. The van der Waals surface area contributed by atoms with Crippen molar-refractivity contribution in [2.45, 2.75) is 38.5 Å². The lowest BCUT2D eigenvalue weighted by Gasteiger charge is -2.20. The van der Waals surface area contributed by atoms with Gasteiger partial charge < -0.3 is 19.7 Å². The lowest BCUT2D eigenvalue weighted by atomic mass is 10.1. The molecule has 0 saturated carbocycles. The van der Waals surface area contributed by atoms with Crippen LogP contribution in [0.4, 0.5) is 10.8 Å². The lowest BCUT2D eigenvalue weighted by Crippen LogP contribution is -2.28. The second-order valence-electron chi connectivity index (χ2n) is 7.38. The molecule has 2 amide bonds. The average Bonchev–Trinajstić information content (AvgIpc) is 3.23. The Hall–Kier alpha value is -2.61. The van der Waals surface area contributed by atoms with E-state index in [9.17, 15) is 9.59 Å². The van der Waals surface area contributed by atoms with E-state index >= 15 is 0 Å². The maximum atomic E-state index is 12.8. The number of anilines is 2. The van der Waals surface area contributed by atoms with Gasteiger partial charge in [0.25, 0.3) is 0 Å². The molecular weight excluding hydrogens is 390 g/mol. The van der Waals surface area contributed by atoms with E-state index < -0.39 is 5.92 Å². The molecule has 8 heteroatoms. The highest BCUT2D eigenvalue weighted by Crippen LogP contribution is 2.36. The predicted octanol–water partition coefficient (Wildman–Crippen LogP) is 3.42. The number of fused-ring (bicyclic) bond motifs is 1. The van der Waals surface area contributed by atoms with E-state index in [1.54, 1.807) is 48.7 Å². The van der Waals surface area contributed by atoms with Gasteiger partial charge >= 0.3 is 0 Å². The Bertz CT molecular complexity index is 903. The number of carbonyl (C=O) groups is 2. The van der Waals surface area contributed by atoms with Crippen LogP contribution in [0.1, 0.15) is 36.3 Å². The second kappa shape index (κ2) is 8.41. The van der Waals surface area contributed by atoms with E-state index in [-0.39, 0.29) is 18.2 Å². The van der Waals surface area contributed by atoms with Crippen molar-refractivity contribution < 1.29 is 19.1 Å². The van der Waals surface area contributed by atoms with Crippen LogP contribution in [-0.2, 0) is 22.4 Å². The molecule has 1 atom stereocenters. The first kappa shape index (κ1) is 19.7. The Morgan fingerprint density at radius 1 is 1.21 bits per heavy atom. The number of ether oxygens (including phenoxy) is 2. The van der Waals surface area contributed by atoms with Gasteiger partial charge in [-0.15, -0.1) is 11.3 Å². The molecule has 1 N–H and O–H groups in total. The van der Waals surface area contributed by atoms with Crippen molar-refractivity contribution in [3.05, 3.63) is 28.8 Å². The molecule has 1 fully saturated rings. The molecule has 0 spiro atoms. The summed E-state index contributed by atoms with van der Waals surface area (Å²) in [6.07, 6.45) is 5.76. The van der Waals surface area contributed by atoms with Crippen LogP contribution in [0.3, 0.4) is 0 Å². The van der Waals surface area contributed by atoms with Crippen molar-refractivity contribution in [2.24, 2.45) is 5.92 Å². The Morgan fingerprint density at radius 2 is 2.03 bits per heavy atom. The fourth-order valence-electron chi connectivity index (χ4n) is 3.91. The number of aromatic nitrogens is 1. The molecule has 1 aromatic heterocycles. The summed E-state index contributed by atoms with van der Waals surface area (Å²) in [5, 5.41) is 3.59. The number of carbonyl (C=O) groups excluding carboxylic acids is 2. The summed E-state index contributed by atoms with van der Waals surface area (Å²) < 4.78 is 10.6. The van der Waals surface area contributed by atoms with Crippen LogP contribution in [0.15, 0.2) is 18.2 Å². The first-order chi connectivity index (χ1) is 14.1. The minimum Gasteiger partial charge on any atom is -0.497 e. The number of benzene rings is 1. The third kappa shape index (κ3) is 4.07. The quantitative estimate of drug-likeness (QED) is 0.757. The van der Waals surface area contributed by atoms with Crippen LogP contribution >= 0.6 is 11.3 Å². The van der Waals surface area contributed by atoms with Crippen LogP contribution in [0.25, 0.3) is 0 Å². The molecule has 4 rings (SSSR count). The fraction of sp³-hybridized carbons (Fsp3) is 0.476. The Morgan fingerprint density at radius 3 is 2.83 bits per heavy atom. The molecule has 0 radical (unpaired) electrons. The summed E-state index contributed by atoms with van der Waals surface area (Å²) in [5.74, 6) is 0.524. The number of aryl methyl sites for hydroxylation is 2. The number of amides is 2. The smallest absolute Gasteiger partial charge is 0.231 e. The summed E-state index contributed by atoms with van der Waals surface area (Å²) in [6.45, 7) is 0.318. The van der Waals surface area contributed by atoms with Gasteiger partial charge in [-0.1, -0.05) is 6.42 Å². The van der Waals surface area contributed by atoms with Crippen molar-refractivity contribution in [1.29, 1.82) is 0 Å². The van der Waals surface area contributed by atoms with Crippen molar-refractivity contribution in [3.63, 3.8) is 0 Å². The molecule has 1 aromatic carbocycles. The number of hydrogen-bond acceptors (Lipinski definition) is 6. The molecule has 0 bridgehead atoms. The molecule has 1 saturated heterocycles. The summed E-state index contributed by atoms with van der Waals surface area (Å²) in [4.78, 5) is 32.9. The van der Waals surface area contributed by atoms with Crippen LogP contribution in [0, 0.1) is 5.92 Å². The molecule has 7 nitrogen and oxygen atoms in total. The summed E-state index contributed by atoms with van der Waals surface area (Å²) >= 11 is 1.57. The van der Waals surface area contributed by atoms with Gasteiger partial charge in [-0.25, -0.2) is 4.98 Å². The van der Waals surface area contributed by atoms with Gasteiger partial charge in [0, 0.05) is 23.9 Å². The second-order valence-corrected chi connectivity index (χ2v) is 8.47. The number of nitrogens with zero attached hydrogens (tertiary/aromatic N) is 2. The van der Waals surface area contributed by atoms with Gasteiger partial charge in [-0.05, 0) is 37.8 Å². The Kier molecular flexibility index (Phi) is 5.71. The van der Waals surface area contributed by atoms with E-state index in [2.05, 4.69) is 10.3 Å². The maximum absolute atomic E-state index is 12.8. The third-order valence-electron chi connectivity index (χ3n) is 5.50. The molecule has 2 heterocycles. The highest BCUT2D eigenvalue weighted by Gasteiger charge is 2.36. The molecule has 2 aliphatic rings. The zero-order chi connectivity index (χ0) is 20.4. The summed E-state index contributed by atoms with van der Waals surface area (Å²) in [7, 11) is 3.13. The molecule has 154 valence electrons. The largest absolute Gasteiger partial charge is 0.497 e. The van der Waals surface area contributed by atoms with Gasteiger partial charge in [-0.3, -0.25) is 9.59 Å². The van der Waals surface area contributed by atoms with Crippen molar-refractivity contribution in [1.82, 2.24) is 4.98 Å². The Balaban J connectivity index is 1.46. The molecular formula is C21H25N3O4S. The van der Waals surface area contributed by atoms with Crippen molar-refractivity contribution in [2.75, 3.05) is 31.0 Å². The molecule has 1 unspecified atom stereocenters. The highest BCUT2D eigenvalue weighted by molar-refractivity contribution is 7.15.